The maximum absolute atomic E-state index is 12.6. The second-order valence-corrected chi connectivity index (χ2v) is 11.0. The van der Waals surface area contributed by atoms with Crippen LogP contribution in [0.4, 0.5) is 0 Å². The molecule has 0 spiro atoms. The van der Waals surface area contributed by atoms with Gasteiger partial charge in [-0.2, -0.15) is 4.31 Å². The van der Waals surface area contributed by atoms with Crippen molar-refractivity contribution in [3.8, 4) is 0 Å². The summed E-state index contributed by atoms with van der Waals surface area (Å²) in [5, 5.41) is 2.68. The molecule has 1 aliphatic heterocycles. The maximum atomic E-state index is 12.6. The lowest BCUT2D eigenvalue weighted by atomic mass is 10.4. The number of sulfonamides is 1. The van der Waals surface area contributed by atoms with Crippen molar-refractivity contribution in [2.24, 2.45) is 0 Å². The summed E-state index contributed by atoms with van der Waals surface area (Å²) in [5.41, 5.74) is -0.472. The van der Waals surface area contributed by atoms with Crippen LogP contribution in [0.5, 0.6) is 0 Å². The fraction of sp³-hybridized carbons (Fsp3) is 0.647. The molecule has 0 aromatic carbocycles. The van der Waals surface area contributed by atoms with Gasteiger partial charge in [0.2, 0.25) is 15.9 Å². The zero-order chi connectivity index (χ0) is 21.7. The fourth-order valence-electron chi connectivity index (χ4n) is 3.04. The van der Waals surface area contributed by atoms with Crippen LogP contribution in [0, 0.1) is 0 Å². The molecule has 1 amide bonds. The monoisotopic (exact) mass is 448 g/mol. The second kappa shape index (κ2) is 9.83. The summed E-state index contributed by atoms with van der Waals surface area (Å²) in [4.78, 5) is 26.1. The third-order valence-electron chi connectivity index (χ3n) is 4.80. The molecule has 2 rings (SSSR count). The molecule has 1 aromatic rings. The molecule has 0 radical (unpaired) electrons. The molecule has 2 heterocycles. The van der Waals surface area contributed by atoms with Gasteiger partial charge in [0.05, 0.1) is 16.4 Å². The maximum Gasteiger partial charge on any atom is 0.251 e. The van der Waals surface area contributed by atoms with E-state index < -0.39 is 31.3 Å². The van der Waals surface area contributed by atoms with Gasteiger partial charge >= 0.3 is 0 Å². The number of carbonyl (C=O) groups excluding carboxylic acids is 1. The molecule has 29 heavy (non-hydrogen) atoms. The summed E-state index contributed by atoms with van der Waals surface area (Å²) >= 11 is 0. The summed E-state index contributed by atoms with van der Waals surface area (Å²) in [6.45, 7) is 5.44. The average molecular weight is 449 g/mol. The van der Waals surface area contributed by atoms with E-state index in [1.54, 1.807) is 13.8 Å². The first-order valence-electron chi connectivity index (χ1n) is 9.49. The van der Waals surface area contributed by atoms with Gasteiger partial charge in [0.1, 0.15) is 6.54 Å². The Morgan fingerprint density at radius 2 is 1.79 bits per heavy atom. The van der Waals surface area contributed by atoms with E-state index in [2.05, 4.69) is 5.32 Å². The summed E-state index contributed by atoms with van der Waals surface area (Å²) in [5.74, 6) is -0.192. The van der Waals surface area contributed by atoms with Crippen molar-refractivity contribution in [1.82, 2.24) is 19.1 Å². The van der Waals surface area contributed by atoms with Crippen LogP contribution >= 0.6 is 0 Å². The van der Waals surface area contributed by atoms with Crippen LogP contribution in [-0.2, 0) is 31.2 Å². The van der Waals surface area contributed by atoms with Crippen LogP contribution in [0.1, 0.15) is 13.8 Å². The summed E-state index contributed by atoms with van der Waals surface area (Å²) in [6.07, 6.45) is 1.19. The van der Waals surface area contributed by atoms with Crippen LogP contribution < -0.4 is 10.9 Å². The molecule has 0 unspecified atom stereocenters. The Kier molecular flexibility index (Phi) is 7.97. The highest BCUT2D eigenvalue weighted by Crippen LogP contribution is 2.13. The van der Waals surface area contributed by atoms with Crippen LogP contribution in [-0.4, -0.2) is 87.3 Å². The predicted octanol–water partition coefficient (Wildman–Crippen LogP) is -1.27. The van der Waals surface area contributed by atoms with E-state index in [4.69, 9.17) is 0 Å². The third-order valence-corrected chi connectivity index (χ3v) is 8.44. The Labute approximate surface area is 171 Å². The highest BCUT2D eigenvalue weighted by Gasteiger charge is 2.23. The Bertz CT molecular complexity index is 969. The molecule has 12 heteroatoms. The van der Waals surface area contributed by atoms with Gasteiger partial charge in [0, 0.05) is 51.5 Å². The van der Waals surface area contributed by atoms with Crippen LogP contribution in [0.15, 0.2) is 28.0 Å². The van der Waals surface area contributed by atoms with Crippen LogP contribution in [0.2, 0.25) is 0 Å². The molecule has 164 valence electrons. The topological polar surface area (TPSA) is 126 Å². The van der Waals surface area contributed by atoms with Crippen molar-refractivity contribution in [3.05, 3.63) is 28.7 Å². The zero-order valence-corrected chi connectivity index (χ0v) is 18.3. The number of aromatic nitrogens is 1. The number of rotatable bonds is 9. The molecule has 0 saturated carbocycles. The largest absolute Gasteiger partial charge is 0.353 e. The smallest absolute Gasteiger partial charge is 0.251 e. The molecule has 1 aliphatic rings. The number of amides is 1. The van der Waals surface area contributed by atoms with E-state index in [1.165, 1.54) is 16.6 Å². The number of hydrogen-bond acceptors (Lipinski definition) is 7. The molecule has 1 N–H and O–H groups in total. The highest BCUT2D eigenvalue weighted by atomic mass is 32.2. The van der Waals surface area contributed by atoms with Crippen molar-refractivity contribution < 1.29 is 21.6 Å². The average Bonchev–Trinajstić information content (AvgIpc) is 2.65. The van der Waals surface area contributed by atoms with Gasteiger partial charge in [-0.1, -0.05) is 13.8 Å². The van der Waals surface area contributed by atoms with E-state index in [1.807, 2.05) is 4.90 Å². The van der Waals surface area contributed by atoms with Crippen molar-refractivity contribution in [1.29, 1.82) is 0 Å². The molecule has 0 aliphatic carbocycles. The first-order valence-corrected chi connectivity index (χ1v) is 12.8. The Morgan fingerprint density at radius 1 is 1.17 bits per heavy atom. The minimum absolute atomic E-state index is 0.0388. The lowest BCUT2D eigenvalue weighted by Crippen LogP contribution is -2.44. The lowest BCUT2D eigenvalue weighted by molar-refractivity contribution is -0.121. The molecule has 10 nitrogen and oxygen atoms in total. The minimum Gasteiger partial charge on any atom is -0.353 e. The lowest BCUT2D eigenvalue weighted by Gasteiger charge is -2.26. The Morgan fingerprint density at radius 3 is 2.38 bits per heavy atom. The molecule has 1 aromatic heterocycles. The molecule has 0 bridgehead atoms. The van der Waals surface area contributed by atoms with Gasteiger partial charge in [-0.25, -0.2) is 16.8 Å². The van der Waals surface area contributed by atoms with Gasteiger partial charge in [-0.05, 0) is 6.07 Å². The second-order valence-electron chi connectivity index (χ2n) is 6.76. The van der Waals surface area contributed by atoms with Crippen molar-refractivity contribution in [3.63, 3.8) is 0 Å². The van der Waals surface area contributed by atoms with E-state index in [0.29, 0.717) is 39.3 Å². The molecule has 1 saturated heterocycles. The number of hydrogen-bond donors (Lipinski definition) is 1. The van der Waals surface area contributed by atoms with E-state index >= 15 is 0 Å². The van der Waals surface area contributed by atoms with Gasteiger partial charge in [-0.15, -0.1) is 0 Å². The SMILES string of the molecule is CCN(CC)S(=O)(=O)c1ccc(=O)n(CC(=O)NCCN2CCS(=O)(=O)CC2)c1. The summed E-state index contributed by atoms with van der Waals surface area (Å²) < 4.78 is 50.4. The van der Waals surface area contributed by atoms with Crippen molar-refractivity contribution in [2.75, 3.05) is 50.8 Å². The first kappa shape index (κ1) is 23.5. The molecular formula is C17H28N4O6S2. The van der Waals surface area contributed by atoms with Crippen molar-refractivity contribution >= 4 is 25.8 Å². The van der Waals surface area contributed by atoms with Gasteiger partial charge < -0.3 is 9.88 Å². The van der Waals surface area contributed by atoms with Gasteiger partial charge in [0.25, 0.3) is 5.56 Å². The zero-order valence-electron chi connectivity index (χ0n) is 16.7. The number of carbonyl (C=O) groups is 1. The normalized spacial score (nSPS) is 17.3. The number of nitrogens with one attached hydrogen (secondary N) is 1. The quantitative estimate of drug-likeness (QED) is 0.499. The molecule has 1 fully saturated rings. The Balaban J connectivity index is 1.95. The first-order chi connectivity index (χ1) is 13.6. The van der Waals surface area contributed by atoms with Crippen molar-refractivity contribution in [2.45, 2.75) is 25.3 Å². The predicted molar refractivity (Wildman–Crippen MR) is 109 cm³/mol. The Hall–Kier alpha value is -1.76. The number of sulfone groups is 1. The van der Waals surface area contributed by atoms with E-state index in [9.17, 15) is 26.4 Å². The van der Waals surface area contributed by atoms with Gasteiger partial charge in [0.15, 0.2) is 9.84 Å². The van der Waals surface area contributed by atoms with E-state index in [-0.39, 0.29) is 22.9 Å². The fourth-order valence-corrected chi connectivity index (χ4v) is 5.79. The molecule has 0 atom stereocenters. The number of pyridine rings is 1. The van der Waals surface area contributed by atoms with E-state index in [0.717, 1.165) is 10.6 Å². The minimum atomic E-state index is -3.73. The number of nitrogens with zero attached hydrogens (tertiary/aromatic N) is 3. The highest BCUT2D eigenvalue weighted by molar-refractivity contribution is 7.91. The van der Waals surface area contributed by atoms with Gasteiger partial charge in [-0.3, -0.25) is 14.5 Å². The third kappa shape index (κ3) is 6.36. The molecular weight excluding hydrogens is 420 g/mol. The van der Waals surface area contributed by atoms with Crippen LogP contribution in [0.25, 0.3) is 0 Å². The summed E-state index contributed by atoms with van der Waals surface area (Å²) in [7, 11) is -6.68. The summed E-state index contributed by atoms with van der Waals surface area (Å²) in [6, 6.07) is 2.38. The van der Waals surface area contributed by atoms with Crippen LogP contribution in [0.3, 0.4) is 0 Å². The standard InChI is InChI=1S/C17H28N4O6S2/c1-3-21(4-2)29(26,27)15-5-6-17(23)20(13-15)14-16(22)18-7-8-19-9-11-28(24,25)12-10-19/h5-6,13H,3-4,7-12,14H2,1-2H3,(H,18,22).